The second kappa shape index (κ2) is 9.99. The molecule has 43 heavy (non-hydrogen) atoms. The summed E-state index contributed by atoms with van der Waals surface area (Å²) in [6.07, 6.45) is 5.37. The first-order valence-electron chi connectivity index (χ1n) is 13.9. The molecule has 0 spiro atoms. The lowest BCUT2D eigenvalue weighted by Gasteiger charge is -2.29. The lowest BCUT2D eigenvalue weighted by atomic mass is 9.99. The van der Waals surface area contributed by atoms with Crippen LogP contribution in [0.2, 0.25) is 0 Å². The first-order valence-corrected chi connectivity index (χ1v) is 13.9. The monoisotopic (exact) mass is 589 g/mol. The molecule has 2 atom stereocenters. The van der Waals surface area contributed by atoms with Gasteiger partial charge < -0.3 is 34.5 Å². The van der Waals surface area contributed by atoms with Crippen molar-refractivity contribution < 1.29 is 23.4 Å². The summed E-state index contributed by atoms with van der Waals surface area (Å²) >= 11 is 0. The molecule has 2 aliphatic rings. The number of likely N-dealkylation sites (N-methyl/N-ethyl adjacent to an activating group) is 1. The number of nitrogens with zero attached hydrogens (tertiary/aromatic N) is 5. The molecule has 0 radical (unpaired) electrons. The van der Waals surface area contributed by atoms with Gasteiger partial charge in [-0.25, -0.2) is 23.5 Å². The fourth-order valence-electron chi connectivity index (χ4n) is 6.91. The number of hydrogen-bond donors (Lipinski definition) is 3. The normalized spacial score (nSPS) is 18.8. The third-order valence-corrected chi connectivity index (χ3v) is 8.77. The number of carboxylic acids is 1. The van der Waals surface area contributed by atoms with E-state index in [1.54, 1.807) is 25.5 Å². The number of rotatable bonds is 6. The maximum atomic E-state index is 15.7. The number of pyridine rings is 3. The summed E-state index contributed by atoms with van der Waals surface area (Å²) in [6.45, 7) is 2.41. The number of aromatic carboxylic acids is 1. The fraction of sp³-hybridized carbons (Fsp3) is 0.333. The van der Waals surface area contributed by atoms with Gasteiger partial charge in [-0.2, -0.15) is 0 Å². The number of hydrogen-bond acceptors (Lipinski definition) is 8. The summed E-state index contributed by atoms with van der Waals surface area (Å²) in [5.74, 6) is -2.93. The number of aromatic nitrogens is 4. The summed E-state index contributed by atoms with van der Waals surface area (Å²) in [5, 5.41) is 13.3. The molecule has 11 nitrogen and oxygen atoms in total. The Morgan fingerprint density at radius 1 is 1.21 bits per heavy atom. The first-order chi connectivity index (χ1) is 20.7. The molecule has 5 aromatic rings. The topological polar surface area (TPSA) is 129 Å². The molecule has 6 heterocycles. The Hall–Kier alpha value is -4.62. The summed E-state index contributed by atoms with van der Waals surface area (Å²) in [7, 11) is 5.16. The van der Waals surface area contributed by atoms with Gasteiger partial charge in [0, 0.05) is 75.6 Å². The van der Waals surface area contributed by atoms with Gasteiger partial charge in [0.15, 0.2) is 11.6 Å². The minimum Gasteiger partial charge on any atom is -0.477 e. The zero-order valence-corrected chi connectivity index (χ0v) is 23.7. The van der Waals surface area contributed by atoms with Gasteiger partial charge in [0.25, 0.3) is 0 Å². The van der Waals surface area contributed by atoms with E-state index in [0.717, 1.165) is 25.6 Å². The zero-order valence-electron chi connectivity index (χ0n) is 23.7. The largest absolute Gasteiger partial charge is 0.477 e. The van der Waals surface area contributed by atoms with Crippen molar-refractivity contribution in [1.82, 2.24) is 24.4 Å². The predicted octanol–water partition coefficient (Wildman–Crippen LogP) is 3.86. The number of halogens is 2. The first kappa shape index (κ1) is 27.2. The molecular formula is C30H29F2N7O4. The van der Waals surface area contributed by atoms with Crippen LogP contribution in [0.3, 0.4) is 0 Å². The van der Waals surface area contributed by atoms with Gasteiger partial charge in [-0.15, -0.1) is 0 Å². The van der Waals surface area contributed by atoms with E-state index in [1.807, 2.05) is 0 Å². The molecule has 4 aromatic heterocycles. The number of carboxylic acid groups (broad SMARTS) is 1. The maximum Gasteiger partial charge on any atom is 0.341 e. The van der Waals surface area contributed by atoms with Gasteiger partial charge in [0.2, 0.25) is 5.43 Å². The van der Waals surface area contributed by atoms with E-state index in [1.165, 1.54) is 17.9 Å². The van der Waals surface area contributed by atoms with Crippen molar-refractivity contribution in [2.24, 2.45) is 5.92 Å². The van der Waals surface area contributed by atoms with Crippen LogP contribution in [0.25, 0.3) is 44.1 Å². The van der Waals surface area contributed by atoms with E-state index in [-0.39, 0.29) is 29.2 Å². The summed E-state index contributed by atoms with van der Waals surface area (Å²) < 4.78 is 37.3. The molecule has 7 rings (SSSR count). The standard InChI is InChI=1S/C30H29F2N7O4/c1-33-20-7-19(31)24(32)22-23-26(39-5-4-14-10-37(2)12-21(14)39)17(9-34-28(23)36-25(20)22)15-6-16-27(40)18(30(41)42)11-38(13-43-3)29(16)35-8-15/h6-9,11,14,21,33H,4-5,10,12-13H2,1-3H3,(H,34,36)(H,41,42). The number of H-pyrrole nitrogens is 1. The van der Waals surface area contributed by atoms with E-state index < -0.39 is 28.6 Å². The third-order valence-electron chi connectivity index (χ3n) is 8.77. The maximum absolute atomic E-state index is 15.7. The van der Waals surface area contributed by atoms with Crippen molar-refractivity contribution in [2.75, 3.05) is 51.1 Å². The number of carbonyl (C=O) groups is 1. The number of nitrogens with one attached hydrogen (secondary N) is 2. The average Bonchev–Trinajstić information content (AvgIpc) is 3.68. The fourth-order valence-corrected chi connectivity index (χ4v) is 6.91. The lowest BCUT2D eigenvalue weighted by Crippen LogP contribution is -2.35. The Morgan fingerprint density at radius 3 is 2.77 bits per heavy atom. The highest BCUT2D eigenvalue weighted by atomic mass is 19.2. The molecule has 0 aliphatic carbocycles. The molecule has 0 amide bonds. The zero-order chi connectivity index (χ0) is 30.2. The van der Waals surface area contributed by atoms with Crippen LogP contribution in [0, 0.1) is 17.6 Å². The van der Waals surface area contributed by atoms with Crippen LogP contribution in [0.15, 0.2) is 35.5 Å². The van der Waals surface area contributed by atoms with Gasteiger partial charge in [0.05, 0.1) is 33.1 Å². The Morgan fingerprint density at radius 2 is 2.02 bits per heavy atom. The molecule has 2 unspecified atom stereocenters. The Bertz CT molecular complexity index is 2020. The third kappa shape index (κ3) is 4.06. The van der Waals surface area contributed by atoms with Crippen LogP contribution in [0.1, 0.15) is 16.8 Å². The van der Waals surface area contributed by atoms with E-state index in [2.05, 4.69) is 37.1 Å². The van der Waals surface area contributed by atoms with Crippen LogP contribution < -0.4 is 15.6 Å². The van der Waals surface area contributed by atoms with Crippen molar-refractivity contribution >= 4 is 50.3 Å². The Kier molecular flexibility index (Phi) is 6.32. The van der Waals surface area contributed by atoms with Crippen LogP contribution in [0.4, 0.5) is 20.2 Å². The van der Waals surface area contributed by atoms with E-state index in [4.69, 9.17) is 4.74 Å². The van der Waals surface area contributed by atoms with Crippen LogP contribution in [0.5, 0.6) is 0 Å². The number of fused-ring (bicyclic) bond motifs is 5. The Balaban J connectivity index is 1.56. The number of benzene rings is 1. The number of ether oxygens (including phenoxy) is 1. The molecule has 0 saturated carbocycles. The number of likely N-dealkylation sites (tertiary alicyclic amines) is 1. The number of methoxy groups -OCH3 is 1. The molecule has 2 saturated heterocycles. The van der Waals surface area contributed by atoms with Crippen LogP contribution in [-0.4, -0.2) is 82.4 Å². The smallest absolute Gasteiger partial charge is 0.341 e. The minimum atomic E-state index is -1.36. The van der Waals surface area contributed by atoms with Crippen LogP contribution >= 0.6 is 0 Å². The van der Waals surface area contributed by atoms with Crippen molar-refractivity contribution in [3.63, 3.8) is 0 Å². The SMILES string of the molecule is CNc1cc(F)c(F)c2c1[nH]c1ncc(-c3cnc4c(c3)c(=O)c(C(=O)O)cn4COC)c(N3CCC4CN(C)CC43)c12. The molecule has 1 aromatic carbocycles. The highest BCUT2D eigenvalue weighted by Crippen LogP contribution is 2.46. The van der Waals surface area contributed by atoms with Gasteiger partial charge in [-0.1, -0.05) is 0 Å². The molecule has 0 bridgehead atoms. The highest BCUT2D eigenvalue weighted by molar-refractivity contribution is 6.18. The van der Waals surface area contributed by atoms with Crippen molar-refractivity contribution in [1.29, 1.82) is 0 Å². The summed E-state index contributed by atoms with van der Waals surface area (Å²) in [4.78, 5) is 42.1. The number of aromatic amines is 1. The summed E-state index contributed by atoms with van der Waals surface area (Å²) in [6, 6.07) is 2.84. The molecule has 2 fully saturated rings. The minimum absolute atomic E-state index is 0.0134. The second-order valence-electron chi connectivity index (χ2n) is 11.3. The lowest BCUT2D eigenvalue weighted by molar-refractivity contribution is 0.0693. The van der Waals surface area contributed by atoms with Gasteiger partial charge in [0.1, 0.15) is 23.6 Å². The summed E-state index contributed by atoms with van der Waals surface area (Å²) in [5.41, 5.74) is 2.08. The second-order valence-corrected chi connectivity index (χ2v) is 11.3. The van der Waals surface area contributed by atoms with Gasteiger partial charge >= 0.3 is 5.97 Å². The molecule has 2 aliphatic heterocycles. The van der Waals surface area contributed by atoms with E-state index >= 15 is 4.39 Å². The predicted molar refractivity (Wildman–Crippen MR) is 159 cm³/mol. The average molecular weight is 590 g/mol. The molecule has 3 N–H and O–H groups in total. The van der Waals surface area contributed by atoms with Crippen molar-refractivity contribution in [3.8, 4) is 11.1 Å². The van der Waals surface area contributed by atoms with Gasteiger partial charge in [-0.3, -0.25) is 4.79 Å². The van der Waals surface area contributed by atoms with E-state index in [0.29, 0.717) is 51.5 Å². The van der Waals surface area contributed by atoms with E-state index in [9.17, 15) is 19.1 Å². The Labute approximate surface area is 243 Å². The van der Waals surface area contributed by atoms with Crippen LogP contribution in [-0.2, 0) is 11.5 Å². The highest BCUT2D eigenvalue weighted by Gasteiger charge is 2.42. The van der Waals surface area contributed by atoms with Crippen molar-refractivity contribution in [2.45, 2.75) is 19.2 Å². The van der Waals surface area contributed by atoms with Gasteiger partial charge in [-0.05, 0) is 25.5 Å². The quantitative estimate of drug-likeness (QED) is 0.271. The molecule has 222 valence electrons. The number of anilines is 2. The molecular weight excluding hydrogens is 560 g/mol. The van der Waals surface area contributed by atoms with Crippen molar-refractivity contribution in [3.05, 3.63) is 58.1 Å². The molecule has 13 heteroatoms.